The van der Waals surface area contributed by atoms with E-state index >= 15 is 0 Å². The van der Waals surface area contributed by atoms with Crippen LogP contribution in [0.3, 0.4) is 0 Å². The highest BCUT2D eigenvalue weighted by Crippen LogP contribution is 2.20. The third kappa shape index (κ3) is 4.51. The fourth-order valence-electron chi connectivity index (χ4n) is 3.05. The number of amides is 1. The predicted molar refractivity (Wildman–Crippen MR) is 99.0 cm³/mol. The first kappa shape index (κ1) is 18.2. The van der Waals surface area contributed by atoms with Gasteiger partial charge in [-0.1, -0.05) is 11.6 Å². The third-order valence-electron chi connectivity index (χ3n) is 4.45. The van der Waals surface area contributed by atoms with E-state index in [1.165, 1.54) is 17.0 Å². The number of nitrogens with zero attached hydrogens (tertiary/aromatic N) is 2. The summed E-state index contributed by atoms with van der Waals surface area (Å²) in [6.45, 7) is 3.55. The van der Waals surface area contributed by atoms with Crippen LogP contribution in [0.2, 0.25) is 5.02 Å². The van der Waals surface area contributed by atoms with E-state index in [0.717, 1.165) is 31.9 Å². The summed E-state index contributed by atoms with van der Waals surface area (Å²) in [6.07, 6.45) is 0. The molecular weight excluding hydrogens is 355 g/mol. The van der Waals surface area contributed by atoms with Crippen molar-refractivity contribution in [1.29, 1.82) is 5.26 Å². The van der Waals surface area contributed by atoms with E-state index in [9.17, 15) is 9.18 Å². The van der Waals surface area contributed by atoms with Gasteiger partial charge in [-0.15, -0.1) is 0 Å². The number of quaternary nitrogens is 1. The first-order chi connectivity index (χ1) is 12.5. The molecule has 0 unspecified atom stereocenters. The molecule has 0 saturated carbocycles. The van der Waals surface area contributed by atoms with Gasteiger partial charge >= 0.3 is 0 Å². The number of anilines is 2. The summed E-state index contributed by atoms with van der Waals surface area (Å²) in [5.74, 6) is -0.388. The Morgan fingerprint density at radius 1 is 1.23 bits per heavy atom. The molecule has 2 aromatic rings. The number of nitriles is 1. The van der Waals surface area contributed by atoms with Crippen LogP contribution < -0.4 is 15.1 Å². The van der Waals surface area contributed by atoms with E-state index in [1.807, 2.05) is 6.07 Å². The molecule has 1 aliphatic rings. The second kappa shape index (κ2) is 8.17. The van der Waals surface area contributed by atoms with Crippen LogP contribution in [-0.2, 0) is 4.79 Å². The Bertz CT molecular complexity index is 826. The summed E-state index contributed by atoms with van der Waals surface area (Å²) in [7, 11) is 0. The number of hydrogen-bond donors (Lipinski definition) is 2. The summed E-state index contributed by atoms with van der Waals surface area (Å²) in [5.41, 5.74) is 1.82. The number of halogens is 2. The zero-order valence-corrected chi connectivity index (χ0v) is 14.9. The van der Waals surface area contributed by atoms with Gasteiger partial charge in [0.25, 0.3) is 5.91 Å². The van der Waals surface area contributed by atoms with Crippen molar-refractivity contribution in [2.24, 2.45) is 0 Å². The van der Waals surface area contributed by atoms with Crippen LogP contribution in [0.15, 0.2) is 42.5 Å². The lowest BCUT2D eigenvalue weighted by Gasteiger charge is -2.33. The Balaban J connectivity index is 1.53. The molecule has 7 heteroatoms. The average molecular weight is 374 g/mol. The fourth-order valence-corrected chi connectivity index (χ4v) is 3.22. The zero-order chi connectivity index (χ0) is 18.5. The van der Waals surface area contributed by atoms with E-state index in [-0.39, 0.29) is 11.7 Å². The third-order valence-corrected chi connectivity index (χ3v) is 4.68. The SMILES string of the molecule is N#Cc1ccc(Cl)cc1NC(=O)C[NH+]1CCN(c2ccc(F)cc2)CC1. The number of nitrogens with one attached hydrogen (secondary N) is 2. The Morgan fingerprint density at radius 3 is 2.58 bits per heavy atom. The van der Waals surface area contributed by atoms with Crippen molar-refractivity contribution in [2.75, 3.05) is 42.9 Å². The first-order valence-electron chi connectivity index (χ1n) is 8.39. The van der Waals surface area contributed by atoms with Crippen molar-refractivity contribution in [2.45, 2.75) is 0 Å². The smallest absolute Gasteiger partial charge is 0.279 e. The predicted octanol–water partition coefficient (Wildman–Crippen LogP) is 1.69. The second-order valence-electron chi connectivity index (χ2n) is 6.24. The number of piperazine rings is 1. The molecule has 5 nitrogen and oxygen atoms in total. The van der Waals surface area contributed by atoms with Gasteiger partial charge in [0.2, 0.25) is 0 Å². The molecule has 1 aliphatic heterocycles. The minimum Gasteiger partial charge on any atom is -0.360 e. The van der Waals surface area contributed by atoms with Crippen molar-refractivity contribution >= 4 is 28.9 Å². The van der Waals surface area contributed by atoms with Crippen molar-refractivity contribution in [3.63, 3.8) is 0 Å². The van der Waals surface area contributed by atoms with Gasteiger partial charge in [-0.2, -0.15) is 5.26 Å². The maximum Gasteiger partial charge on any atom is 0.279 e. The van der Waals surface area contributed by atoms with E-state index < -0.39 is 0 Å². The van der Waals surface area contributed by atoms with Crippen molar-refractivity contribution in [3.8, 4) is 6.07 Å². The number of benzene rings is 2. The molecule has 1 saturated heterocycles. The Labute approximate surface area is 156 Å². The summed E-state index contributed by atoms with van der Waals surface area (Å²) in [6, 6.07) is 13.3. The molecule has 0 atom stereocenters. The van der Waals surface area contributed by atoms with Crippen LogP contribution >= 0.6 is 11.6 Å². The number of rotatable bonds is 4. The van der Waals surface area contributed by atoms with E-state index in [2.05, 4.69) is 10.2 Å². The lowest BCUT2D eigenvalue weighted by molar-refractivity contribution is -0.892. The van der Waals surface area contributed by atoms with Gasteiger partial charge < -0.3 is 15.1 Å². The fraction of sp³-hybridized carbons (Fsp3) is 0.263. The molecule has 0 bridgehead atoms. The molecule has 0 aliphatic carbocycles. The largest absolute Gasteiger partial charge is 0.360 e. The molecular formula is C19H19ClFN4O+. The number of carbonyl (C=O) groups is 1. The summed E-state index contributed by atoms with van der Waals surface area (Å²) < 4.78 is 13.0. The van der Waals surface area contributed by atoms with Gasteiger partial charge in [-0.25, -0.2) is 4.39 Å². The molecule has 1 fully saturated rings. The van der Waals surface area contributed by atoms with E-state index in [0.29, 0.717) is 22.8 Å². The molecule has 3 rings (SSSR count). The topological polar surface area (TPSA) is 60.6 Å². The van der Waals surface area contributed by atoms with Crippen molar-refractivity contribution in [1.82, 2.24) is 0 Å². The maximum absolute atomic E-state index is 13.0. The average Bonchev–Trinajstić information content (AvgIpc) is 2.63. The molecule has 0 spiro atoms. The molecule has 1 heterocycles. The summed E-state index contributed by atoms with van der Waals surface area (Å²) in [4.78, 5) is 15.7. The molecule has 2 N–H and O–H groups in total. The van der Waals surface area contributed by atoms with E-state index in [1.54, 1.807) is 30.3 Å². The quantitative estimate of drug-likeness (QED) is 0.857. The summed E-state index contributed by atoms with van der Waals surface area (Å²) in [5, 5.41) is 12.4. The second-order valence-corrected chi connectivity index (χ2v) is 6.68. The van der Waals surface area contributed by atoms with Gasteiger partial charge in [0.15, 0.2) is 6.54 Å². The van der Waals surface area contributed by atoms with Crippen LogP contribution in [0.25, 0.3) is 0 Å². The van der Waals surface area contributed by atoms with Crippen LogP contribution in [0.5, 0.6) is 0 Å². The standard InChI is InChI=1S/C19H18ClFN4O/c20-15-2-1-14(12-22)18(11-15)23-19(26)13-24-7-9-25(10-8-24)17-5-3-16(21)4-6-17/h1-6,11H,7-10,13H2,(H,23,26)/p+1. The van der Waals surface area contributed by atoms with Crippen LogP contribution in [0.1, 0.15) is 5.56 Å². The highest BCUT2D eigenvalue weighted by atomic mass is 35.5. The minimum atomic E-state index is -0.243. The normalized spacial score (nSPS) is 14.7. The Kier molecular flexibility index (Phi) is 5.71. The van der Waals surface area contributed by atoms with Gasteiger partial charge in [0.1, 0.15) is 11.9 Å². The number of carbonyl (C=O) groups excluding carboxylic acids is 1. The molecule has 0 radical (unpaired) electrons. The Hall–Kier alpha value is -2.62. The van der Waals surface area contributed by atoms with Crippen LogP contribution in [0, 0.1) is 17.1 Å². The van der Waals surface area contributed by atoms with E-state index in [4.69, 9.17) is 16.9 Å². The Morgan fingerprint density at radius 2 is 1.92 bits per heavy atom. The van der Waals surface area contributed by atoms with Crippen molar-refractivity contribution < 1.29 is 14.1 Å². The molecule has 0 aromatic heterocycles. The highest BCUT2D eigenvalue weighted by Gasteiger charge is 2.22. The molecule has 2 aromatic carbocycles. The minimum absolute atomic E-state index is 0.144. The highest BCUT2D eigenvalue weighted by molar-refractivity contribution is 6.31. The van der Waals surface area contributed by atoms with Gasteiger partial charge in [-0.3, -0.25) is 4.79 Å². The van der Waals surface area contributed by atoms with Crippen LogP contribution in [-0.4, -0.2) is 38.6 Å². The van der Waals surface area contributed by atoms with Crippen LogP contribution in [0.4, 0.5) is 15.8 Å². The lowest BCUT2D eigenvalue weighted by Crippen LogP contribution is -3.15. The zero-order valence-electron chi connectivity index (χ0n) is 14.1. The maximum atomic E-state index is 13.0. The lowest BCUT2D eigenvalue weighted by atomic mass is 10.2. The van der Waals surface area contributed by atoms with Gasteiger partial charge in [0, 0.05) is 10.7 Å². The molecule has 134 valence electrons. The monoisotopic (exact) mass is 373 g/mol. The van der Waals surface area contributed by atoms with Crippen molar-refractivity contribution in [3.05, 3.63) is 58.9 Å². The molecule has 1 amide bonds. The first-order valence-corrected chi connectivity index (χ1v) is 8.76. The number of hydrogen-bond acceptors (Lipinski definition) is 3. The van der Waals surface area contributed by atoms with Gasteiger partial charge in [-0.05, 0) is 42.5 Å². The molecule has 26 heavy (non-hydrogen) atoms. The van der Waals surface area contributed by atoms with Gasteiger partial charge in [0.05, 0.1) is 37.4 Å². The summed E-state index contributed by atoms with van der Waals surface area (Å²) >= 11 is 5.94.